The molecular weight excluding hydrogens is 302 g/mol. The third-order valence-corrected chi connectivity index (χ3v) is 4.11. The van der Waals surface area contributed by atoms with Crippen LogP contribution in [0.1, 0.15) is 12.0 Å². The second-order valence-electron chi connectivity index (χ2n) is 5.73. The molecule has 124 valence electrons. The Morgan fingerprint density at radius 2 is 2.09 bits per heavy atom. The van der Waals surface area contributed by atoms with Crippen molar-refractivity contribution in [3.05, 3.63) is 23.8 Å². The van der Waals surface area contributed by atoms with E-state index in [0.29, 0.717) is 37.6 Å². The lowest BCUT2D eigenvalue weighted by Crippen LogP contribution is -2.35. The van der Waals surface area contributed by atoms with E-state index in [1.54, 1.807) is 12.0 Å². The van der Waals surface area contributed by atoms with Crippen LogP contribution in [-0.4, -0.2) is 48.9 Å². The van der Waals surface area contributed by atoms with Crippen molar-refractivity contribution in [2.75, 3.05) is 27.1 Å². The van der Waals surface area contributed by atoms with Gasteiger partial charge in [-0.3, -0.25) is 9.59 Å². The molecule has 1 heterocycles. The number of ether oxygens (including phenoxy) is 3. The molecular formula is C16H19NO6. The van der Waals surface area contributed by atoms with Crippen LogP contribution in [0.15, 0.2) is 18.2 Å². The fraction of sp³-hybridized carbons (Fsp3) is 0.500. The Labute approximate surface area is 133 Å². The topological polar surface area (TPSA) is 85.3 Å². The van der Waals surface area contributed by atoms with Crippen molar-refractivity contribution in [1.29, 1.82) is 0 Å². The molecule has 7 heteroatoms. The van der Waals surface area contributed by atoms with Gasteiger partial charge in [-0.25, -0.2) is 0 Å². The number of methoxy groups -OCH3 is 1. The zero-order valence-electron chi connectivity index (χ0n) is 12.9. The average Bonchev–Trinajstić information content (AvgIpc) is 3.22. The highest BCUT2D eigenvalue weighted by molar-refractivity contribution is 5.89. The third kappa shape index (κ3) is 3.39. The van der Waals surface area contributed by atoms with Crippen LogP contribution in [0, 0.1) is 11.8 Å². The highest BCUT2D eigenvalue weighted by atomic mass is 16.7. The van der Waals surface area contributed by atoms with Gasteiger partial charge in [0.05, 0.1) is 18.4 Å². The van der Waals surface area contributed by atoms with Crippen molar-refractivity contribution in [2.45, 2.75) is 13.0 Å². The molecule has 7 nitrogen and oxygen atoms in total. The number of carboxylic acids is 1. The van der Waals surface area contributed by atoms with Crippen LogP contribution in [0.5, 0.6) is 11.5 Å². The molecule has 0 aromatic heterocycles. The molecule has 0 saturated heterocycles. The predicted molar refractivity (Wildman–Crippen MR) is 79.1 cm³/mol. The second-order valence-corrected chi connectivity index (χ2v) is 5.73. The molecule has 2 atom stereocenters. The summed E-state index contributed by atoms with van der Waals surface area (Å²) in [4.78, 5) is 25.1. The number of amides is 1. The van der Waals surface area contributed by atoms with Gasteiger partial charge in [0.15, 0.2) is 11.5 Å². The number of carbonyl (C=O) groups is 2. The van der Waals surface area contributed by atoms with Crippen molar-refractivity contribution in [1.82, 2.24) is 4.90 Å². The van der Waals surface area contributed by atoms with E-state index in [4.69, 9.17) is 19.3 Å². The van der Waals surface area contributed by atoms with Crippen LogP contribution >= 0.6 is 0 Å². The van der Waals surface area contributed by atoms with Crippen LogP contribution in [-0.2, 0) is 20.9 Å². The quantitative estimate of drug-likeness (QED) is 0.810. The van der Waals surface area contributed by atoms with E-state index in [2.05, 4.69) is 0 Å². The van der Waals surface area contributed by atoms with E-state index in [1.807, 2.05) is 18.2 Å². The molecule has 1 aliphatic heterocycles. The van der Waals surface area contributed by atoms with Gasteiger partial charge in [-0.1, -0.05) is 6.07 Å². The number of aliphatic carboxylic acids is 1. The molecule has 1 saturated carbocycles. The molecule has 1 fully saturated rings. The van der Waals surface area contributed by atoms with Gasteiger partial charge in [0.25, 0.3) is 0 Å². The fourth-order valence-electron chi connectivity index (χ4n) is 2.70. The Morgan fingerprint density at radius 1 is 1.30 bits per heavy atom. The van der Waals surface area contributed by atoms with Crippen LogP contribution in [0.25, 0.3) is 0 Å². The van der Waals surface area contributed by atoms with Gasteiger partial charge in [0.2, 0.25) is 12.7 Å². The van der Waals surface area contributed by atoms with Crippen molar-refractivity contribution < 1.29 is 28.9 Å². The molecule has 0 radical (unpaired) electrons. The smallest absolute Gasteiger partial charge is 0.307 e. The number of benzene rings is 1. The first-order valence-corrected chi connectivity index (χ1v) is 7.49. The summed E-state index contributed by atoms with van der Waals surface area (Å²) in [6, 6.07) is 5.53. The van der Waals surface area contributed by atoms with Crippen molar-refractivity contribution in [2.24, 2.45) is 11.8 Å². The molecule has 1 aromatic carbocycles. The Morgan fingerprint density at radius 3 is 2.78 bits per heavy atom. The van der Waals surface area contributed by atoms with Crippen LogP contribution in [0.3, 0.4) is 0 Å². The van der Waals surface area contributed by atoms with Gasteiger partial charge in [0, 0.05) is 20.2 Å². The number of rotatable bonds is 7. The lowest BCUT2D eigenvalue weighted by atomic mass is 10.1. The summed E-state index contributed by atoms with van der Waals surface area (Å²) in [7, 11) is 1.57. The summed E-state index contributed by atoms with van der Waals surface area (Å²) >= 11 is 0. The number of hydrogen-bond acceptors (Lipinski definition) is 5. The molecule has 1 N–H and O–H groups in total. The summed E-state index contributed by atoms with van der Waals surface area (Å²) in [5, 5.41) is 9.00. The first kappa shape index (κ1) is 15.6. The molecule has 1 aromatic rings. The Balaban J connectivity index is 1.69. The largest absolute Gasteiger partial charge is 0.481 e. The highest BCUT2D eigenvalue weighted by Crippen LogP contribution is 2.40. The zero-order chi connectivity index (χ0) is 16.4. The Hall–Kier alpha value is -2.28. The summed E-state index contributed by atoms with van der Waals surface area (Å²) in [5.41, 5.74) is 0.909. The summed E-state index contributed by atoms with van der Waals surface area (Å²) < 4.78 is 15.7. The van der Waals surface area contributed by atoms with Gasteiger partial charge >= 0.3 is 5.97 Å². The van der Waals surface area contributed by atoms with Crippen molar-refractivity contribution in [3.63, 3.8) is 0 Å². The van der Waals surface area contributed by atoms with E-state index in [9.17, 15) is 9.59 Å². The number of carboxylic acid groups (broad SMARTS) is 1. The molecule has 0 bridgehead atoms. The van der Waals surface area contributed by atoms with E-state index < -0.39 is 17.8 Å². The maximum Gasteiger partial charge on any atom is 0.307 e. The van der Waals surface area contributed by atoms with E-state index in [1.165, 1.54) is 0 Å². The Bertz CT molecular complexity index is 617. The lowest BCUT2D eigenvalue weighted by Gasteiger charge is -2.23. The summed E-state index contributed by atoms with van der Waals surface area (Å²) in [5.74, 6) is -0.652. The van der Waals surface area contributed by atoms with Crippen molar-refractivity contribution >= 4 is 11.9 Å². The Kier molecular flexibility index (Phi) is 4.38. The minimum atomic E-state index is -0.905. The van der Waals surface area contributed by atoms with Gasteiger partial charge in [-0.15, -0.1) is 0 Å². The molecule has 1 amide bonds. The normalized spacial score (nSPS) is 21.1. The first-order valence-electron chi connectivity index (χ1n) is 7.49. The molecule has 0 spiro atoms. The van der Waals surface area contributed by atoms with Gasteiger partial charge in [0.1, 0.15) is 0 Å². The van der Waals surface area contributed by atoms with E-state index in [-0.39, 0.29) is 12.7 Å². The monoisotopic (exact) mass is 321 g/mol. The third-order valence-electron chi connectivity index (χ3n) is 4.11. The van der Waals surface area contributed by atoms with Crippen LogP contribution in [0.4, 0.5) is 0 Å². The number of nitrogens with zero attached hydrogens (tertiary/aromatic N) is 1. The second kappa shape index (κ2) is 6.45. The molecule has 2 aliphatic rings. The van der Waals surface area contributed by atoms with E-state index in [0.717, 1.165) is 5.56 Å². The SMILES string of the molecule is COCCN(Cc1ccc2c(c1)OCO2)C(=O)[C@H]1C[C@@H]1C(=O)O. The van der Waals surface area contributed by atoms with Gasteiger partial charge in [-0.2, -0.15) is 0 Å². The van der Waals surface area contributed by atoms with E-state index >= 15 is 0 Å². The molecule has 3 rings (SSSR count). The molecule has 0 unspecified atom stereocenters. The maximum absolute atomic E-state index is 12.5. The predicted octanol–water partition coefficient (Wildman–Crippen LogP) is 1.11. The molecule has 23 heavy (non-hydrogen) atoms. The van der Waals surface area contributed by atoms with Gasteiger partial charge in [-0.05, 0) is 24.1 Å². The number of hydrogen-bond donors (Lipinski definition) is 1. The van der Waals surface area contributed by atoms with Crippen molar-refractivity contribution in [3.8, 4) is 11.5 Å². The lowest BCUT2D eigenvalue weighted by molar-refractivity contribution is -0.142. The van der Waals surface area contributed by atoms with Crippen LogP contribution in [0.2, 0.25) is 0 Å². The first-order chi connectivity index (χ1) is 11.1. The number of fused-ring (bicyclic) bond motifs is 1. The van der Waals surface area contributed by atoms with Gasteiger partial charge < -0.3 is 24.2 Å². The summed E-state index contributed by atoms with van der Waals surface area (Å²) in [6.07, 6.45) is 0.415. The fourth-order valence-corrected chi connectivity index (χ4v) is 2.70. The summed E-state index contributed by atoms with van der Waals surface area (Å²) in [6.45, 7) is 1.42. The minimum absolute atomic E-state index is 0.132. The maximum atomic E-state index is 12.5. The minimum Gasteiger partial charge on any atom is -0.481 e. The van der Waals surface area contributed by atoms with Crippen LogP contribution < -0.4 is 9.47 Å². The average molecular weight is 321 g/mol. The highest BCUT2D eigenvalue weighted by Gasteiger charge is 2.49. The number of carbonyl (C=O) groups excluding carboxylic acids is 1. The molecule has 1 aliphatic carbocycles. The standard InChI is InChI=1S/C16H19NO6/c1-21-5-4-17(15(18)11-7-12(11)16(19)20)8-10-2-3-13-14(6-10)23-9-22-13/h2-3,6,11-12H,4-5,7-9H2,1H3,(H,19,20)/t11-,12-/m0/s1. The zero-order valence-corrected chi connectivity index (χ0v) is 12.9.